The lowest BCUT2D eigenvalue weighted by Crippen LogP contribution is -2.36. The third kappa shape index (κ3) is 4.85. The van der Waals surface area contributed by atoms with Gasteiger partial charge in [-0.15, -0.1) is 0 Å². The molecule has 0 aliphatic rings. The van der Waals surface area contributed by atoms with Crippen LogP contribution in [0.5, 0.6) is 0 Å². The molecular weight excluding hydrogens is 293 g/mol. The van der Waals surface area contributed by atoms with Crippen LogP contribution in [-0.2, 0) is 0 Å². The molecule has 0 radical (unpaired) electrons. The van der Waals surface area contributed by atoms with Gasteiger partial charge in [0.15, 0.2) is 0 Å². The van der Waals surface area contributed by atoms with Crippen LogP contribution >= 0.6 is 11.6 Å². The number of halogens is 4. The summed E-state index contributed by atoms with van der Waals surface area (Å²) in [6.45, 7) is 0.325. The summed E-state index contributed by atoms with van der Waals surface area (Å²) < 4.78 is 37.5. The van der Waals surface area contributed by atoms with E-state index in [1.54, 1.807) is 19.2 Å². The summed E-state index contributed by atoms with van der Waals surface area (Å²) in [7, 11) is 1.77. The van der Waals surface area contributed by atoms with Crippen LogP contribution in [0.4, 0.5) is 18.9 Å². The van der Waals surface area contributed by atoms with Crippen molar-refractivity contribution in [2.45, 2.75) is 19.1 Å². The lowest BCUT2D eigenvalue weighted by molar-refractivity contribution is -0.119. The SMILES string of the molecule is CNC(C)c1ccc(N(CCO)CC(F)(F)F)cc1Cl. The van der Waals surface area contributed by atoms with Gasteiger partial charge in [0.05, 0.1) is 6.61 Å². The first kappa shape index (κ1) is 17.1. The molecule has 114 valence electrons. The molecule has 2 N–H and O–H groups in total. The second kappa shape index (κ2) is 7.15. The van der Waals surface area contributed by atoms with Gasteiger partial charge in [-0.3, -0.25) is 0 Å². The molecule has 20 heavy (non-hydrogen) atoms. The number of nitrogens with one attached hydrogen (secondary N) is 1. The minimum atomic E-state index is -4.33. The number of aliphatic hydroxyl groups is 1. The Balaban J connectivity index is 3.00. The van der Waals surface area contributed by atoms with Crippen LogP contribution in [0.1, 0.15) is 18.5 Å². The van der Waals surface area contributed by atoms with Crippen LogP contribution < -0.4 is 10.2 Å². The average molecular weight is 311 g/mol. The topological polar surface area (TPSA) is 35.5 Å². The maximum atomic E-state index is 12.5. The van der Waals surface area contributed by atoms with Gasteiger partial charge in [-0.25, -0.2) is 0 Å². The quantitative estimate of drug-likeness (QED) is 0.848. The number of rotatable bonds is 6. The first-order chi connectivity index (χ1) is 9.28. The molecule has 0 heterocycles. The van der Waals surface area contributed by atoms with Crippen molar-refractivity contribution < 1.29 is 18.3 Å². The van der Waals surface area contributed by atoms with Crippen molar-refractivity contribution >= 4 is 17.3 Å². The zero-order chi connectivity index (χ0) is 15.3. The molecule has 1 aromatic rings. The molecule has 0 saturated heterocycles. The number of nitrogens with zero attached hydrogens (tertiary/aromatic N) is 1. The second-order valence-corrected chi connectivity index (χ2v) is 4.88. The molecule has 0 aliphatic heterocycles. The van der Waals surface area contributed by atoms with Crippen molar-refractivity contribution in [2.75, 3.05) is 31.6 Å². The lowest BCUT2D eigenvalue weighted by atomic mass is 10.1. The summed E-state index contributed by atoms with van der Waals surface area (Å²) in [5.74, 6) is 0. The Kier molecular flexibility index (Phi) is 6.10. The number of hydrogen-bond donors (Lipinski definition) is 2. The molecule has 7 heteroatoms. The Morgan fingerprint density at radius 2 is 2.05 bits per heavy atom. The van der Waals surface area contributed by atoms with Gasteiger partial charge in [0.2, 0.25) is 0 Å². The molecule has 0 spiro atoms. The summed E-state index contributed by atoms with van der Waals surface area (Å²) in [4.78, 5) is 1.06. The Labute approximate surface area is 121 Å². The number of anilines is 1. The fourth-order valence-corrected chi connectivity index (χ4v) is 2.19. The fourth-order valence-electron chi connectivity index (χ4n) is 1.86. The molecule has 1 atom stereocenters. The van der Waals surface area contributed by atoms with Gasteiger partial charge in [-0.1, -0.05) is 17.7 Å². The molecule has 1 aromatic carbocycles. The zero-order valence-electron chi connectivity index (χ0n) is 11.3. The molecule has 0 saturated carbocycles. The first-order valence-corrected chi connectivity index (χ1v) is 6.55. The van der Waals surface area contributed by atoms with E-state index >= 15 is 0 Å². The Morgan fingerprint density at radius 3 is 2.50 bits per heavy atom. The van der Waals surface area contributed by atoms with Gasteiger partial charge in [0.25, 0.3) is 0 Å². The largest absolute Gasteiger partial charge is 0.405 e. The number of benzene rings is 1. The van der Waals surface area contributed by atoms with E-state index in [9.17, 15) is 13.2 Å². The number of hydrogen-bond acceptors (Lipinski definition) is 3. The number of alkyl halides is 3. The summed E-state index contributed by atoms with van der Waals surface area (Å²) in [6.07, 6.45) is -4.33. The van der Waals surface area contributed by atoms with Crippen LogP contribution in [-0.4, -0.2) is 38.0 Å². The van der Waals surface area contributed by atoms with Crippen molar-refractivity contribution in [3.63, 3.8) is 0 Å². The van der Waals surface area contributed by atoms with E-state index in [1.165, 1.54) is 6.07 Å². The lowest BCUT2D eigenvalue weighted by Gasteiger charge is -2.26. The summed E-state index contributed by atoms with van der Waals surface area (Å²) in [5.41, 5.74) is 1.15. The van der Waals surface area contributed by atoms with Crippen molar-refractivity contribution in [3.05, 3.63) is 28.8 Å². The fraction of sp³-hybridized carbons (Fsp3) is 0.538. The first-order valence-electron chi connectivity index (χ1n) is 6.17. The van der Waals surface area contributed by atoms with Gasteiger partial charge >= 0.3 is 6.18 Å². The monoisotopic (exact) mass is 310 g/mol. The van der Waals surface area contributed by atoms with Crippen molar-refractivity contribution in [1.82, 2.24) is 5.32 Å². The van der Waals surface area contributed by atoms with E-state index in [0.717, 1.165) is 10.5 Å². The minimum absolute atomic E-state index is 0.00505. The maximum Gasteiger partial charge on any atom is 0.405 e. The van der Waals surface area contributed by atoms with E-state index in [4.69, 9.17) is 16.7 Å². The van der Waals surface area contributed by atoms with Crippen LogP contribution in [0.15, 0.2) is 18.2 Å². The van der Waals surface area contributed by atoms with Crippen molar-refractivity contribution in [2.24, 2.45) is 0 Å². The highest BCUT2D eigenvalue weighted by atomic mass is 35.5. The summed E-state index contributed by atoms with van der Waals surface area (Å²) in [6, 6.07) is 4.77. The second-order valence-electron chi connectivity index (χ2n) is 4.48. The van der Waals surface area contributed by atoms with Gasteiger partial charge in [-0.2, -0.15) is 13.2 Å². The van der Waals surface area contributed by atoms with Crippen LogP contribution in [0.3, 0.4) is 0 Å². The normalized spacial score (nSPS) is 13.3. The maximum absolute atomic E-state index is 12.5. The van der Waals surface area contributed by atoms with Crippen molar-refractivity contribution in [3.8, 4) is 0 Å². The third-order valence-corrected chi connectivity index (χ3v) is 3.32. The third-order valence-electron chi connectivity index (χ3n) is 2.99. The smallest absolute Gasteiger partial charge is 0.395 e. The average Bonchev–Trinajstić information content (AvgIpc) is 2.35. The van der Waals surface area contributed by atoms with Gasteiger partial charge < -0.3 is 15.3 Å². The van der Waals surface area contributed by atoms with Crippen molar-refractivity contribution in [1.29, 1.82) is 0 Å². The van der Waals surface area contributed by atoms with E-state index in [2.05, 4.69) is 5.32 Å². The summed E-state index contributed by atoms with van der Waals surface area (Å²) in [5, 5.41) is 12.3. The zero-order valence-corrected chi connectivity index (χ0v) is 12.1. The van der Waals surface area contributed by atoms with E-state index in [-0.39, 0.29) is 19.2 Å². The van der Waals surface area contributed by atoms with Crippen LogP contribution in [0, 0.1) is 0 Å². The molecule has 3 nitrogen and oxygen atoms in total. The van der Waals surface area contributed by atoms with Gasteiger partial charge in [0.1, 0.15) is 6.54 Å². The highest BCUT2D eigenvalue weighted by Gasteiger charge is 2.31. The molecule has 0 bridgehead atoms. The highest BCUT2D eigenvalue weighted by molar-refractivity contribution is 6.31. The molecular formula is C13H18ClF3N2O. The molecule has 0 amide bonds. The van der Waals surface area contributed by atoms with Gasteiger partial charge in [-0.05, 0) is 31.7 Å². The number of aliphatic hydroxyl groups excluding tert-OH is 1. The van der Waals surface area contributed by atoms with E-state index in [0.29, 0.717) is 10.7 Å². The Hall–Kier alpha value is -0.980. The summed E-state index contributed by atoms with van der Waals surface area (Å²) >= 11 is 6.11. The molecule has 0 aromatic heterocycles. The minimum Gasteiger partial charge on any atom is -0.395 e. The Morgan fingerprint density at radius 1 is 1.40 bits per heavy atom. The van der Waals surface area contributed by atoms with E-state index in [1.807, 2.05) is 6.92 Å². The Bertz CT molecular complexity index is 440. The van der Waals surface area contributed by atoms with Crippen LogP contribution in [0.25, 0.3) is 0 Å². The predicted octanol–water partition coefficient (Wildman–Crippen LogP) is 2.98. The standard InChI is InChI=1S/C13H18ClF3N2O/c1-9(18-2)11-4-3-10(7-12(11)14)19(5-6-20)8-13(15,16)17/h3-4,7,9,18,20H,5-6,8H2,1-2H3. The van der Waals surface area contributed by atoms with Gasteiger partial charge in [0, 0.05) is 23.3 Å². The highest BCUT2D eigenvalue weighted by Crippen LogP contribution is 2.29. The van der Waals surface area contributed by atoms with E-state index < -0.39 is 12.7 Å². The van der Waals surface area contributed by atoms with Crippen LogP contribution in [0.2, 0.25) is 5.02 Å². The molecule has 1 unspecified atom stereocenters. The molecule has 0 aliphatic carbocycles. The predicted molar refractivity (Wildman–Crippen MR) is 74.3 cm³/mol. The molecule has 1 rings (SSSR count). The molecule has 0 fully saturated rings.